The van der Waals surface area contributed by atoms with Gasteiger partial charge in [-0.1, -0.05) is 32.0 Å². The van der Waals surface area contributed by atoms with Gasteiger partial charge in [0.15, 0.2) is 0 Å². The van der Waals surface area contributed by atoms with Gasteiger partial charge in [-0.25, -0.2) is 0 Å². The van der Waals surface area contributed by atoms with Crippen molar-refractivity contribution in [3.05, 3.63) is 29.8 Å². The number of fused-ring (bicyclic) bond motifs is 1. The Hall–Kier alpha value is -1.06. The summed E-state index contributed by atoms with van der Waals surface area (Å²) in [5, 5.41) is 0. The van der Waals surface area contributed by atoms with Gasteiger partial charge in [0, 0.05) is 30.9 Å². The summed E-state index contributed by atoms with van der Waals surface area (Å²) < 4.78 is 12.2. The van der Waals surface area contributed by atoms with E-state index in [-0.39, 0.29) is 17.7 Å². The van der Waals surface area contributed by atoms with Crippen LogP contribution in [-0.4, -0.2) is 18.3 Å². The number of hydrogen-bond donors (Lipinski definition) is 1. The molecular formula is C16H23NO2. The first kappa shape index (κ1) is 12.9. The fourth-order valence-corrected chi connectivity index (χ4v) is 3.30. The summed E-state index contributed by atoms with van der Waals surface area (Å²) in [6.07, 6.45) is 3.08. The highest BCUT2D eigenvalue weighted by atomic mass is 16.5. The van der Waals surface area contributed by atoms with Crippen LogP contribution >= 0.6 is 0 Å². The quantitative estimate of drug-likeness (QED) is 0.845. The first-order valence-electron chi connectivity index (χ1n) is 7.25. The van der Waals surface area contributed by atoms with Crippen LogP contribution < -0.4 is 10.5 Å². The van der Waals surface area contributed by atoms with E-state index in [4.69, 9.17) is 15.2 Å². The Morgan fingerprint density at radius 3 is 2.84 bits per heavy atom. The van der Waals surface area contributed by atoms with Crippen LogP contribution in [0.3, 0.4) is 0 Å². The molecule has 1 aromatic carbocycles. The maximum Gasteiger partial charge on any atom is 0.124 e. The minimum absolute atomic E-state index is 0.0795. The predicted molar refractivity (Wildman–Crippen MR) is 75.2 cm³/mol. The molecule has 2 aliphatic rings. The molecule has 1 aromatic rings. The van der Waals surface area contributed by atoms with E-state index in [1.54, 1.807) is 0 Å². The van der Waals surface area contributed by atoms with E-state index >= 15 is 0 Å². The second-order valence-corrected chi connectivity index (χ2v) is 6.24. The third kappa shape index (κ3) is 2.37. The smallest absolute Gasteiger partial charge is 0.124 e. The van der Waals surface area contributed by atoms with Crippen LogP contribution in [-0.2, 0) is 4.74 Å². The summed E-state index contributed by atoms with van der Waals surface area (Å²) in [6.45, 7) is 5.19. The molecule has 1 fully saturated rings. The van der Waals surface area contributed by atoms with Crippen LogP contribution in [0.5, 0.6) is 5.75 Å². The van der Waals surface area contributed by atoms with Gasteiger partial charge in [0.2, 0.25) is 0 Å². The van der Waals surface area contributed by atoms with E-state index < -0.39 is 0 Å². The van der Waals surface area contributed by atoms with E-state index in [9.17, 15) is 0 Å². The van der Waals surface area contributed by atoms with Crippen molar-refractivity contribution in [1.82, 2.24) is 0 Å². The van der Waals surface area contributed by atoms with E-state index in [0.29, 0.717) is 5.92 Å². The molecule has 104 valence electrons. The number of ether oxygens (including phenoxy) is 2. The van der Waals surface area contributed by atoms with Crippen molar-refractivity contribution in [3.63, 3.8) is 0 Å². The molecule has 3 nitrogen and oxygen atoms in total. The monoisotopic (exact) mass is 261 g/mol. The lowest BCUT2D eigenvalue weighted by Gasteiger charge is -2.46. The Bertz CT molecular complexity index is 460. The number of para-hydroxylation sites is 1. The van der Waals surface area contributed by atoms with Gasteiger partial charge >= 0.3 is 0 Å². The average Bonchev–Trinajstić information content (AvgIpc) is 2.38. The molecule has 3 rings (SSSR count). The Morgan fingerprint density at radius 1 is 1.26 bits per heavy atom. The van der Waals surface area contributed by atoms with Gasteiger partial charge in [-0.3, -0.25) is 0 Å². The van der Waals surface area contributed by atoms with Crippen LogP contribution in [0.15, 0.2) is 24.3 Å². The summed E-state index contributed by atoms with van der Waals surface area (Å²) in [4.78, 5) is 0. The van der Waals surface area contributed by atoms with Crippen molar-refractivity contribution in [2.75, 3.05) is 6.61 Å². The normalized spacial score (nSPS) is 34.1. The third-order valence-electron chi connectivity index (χ3n) is 4.44. The van der Waals surface area contributed by atoms with Gasteiger partial charge in [0.25, 0.3) is 0 Å². The molecule has 2 N–H and O–H groups in total. The first-order chi connectivity index (χ1) is 9.10. The lowest BCUT2D eigenvalue weighted by Crippen LogP contribution is -2.50. The zero-order valence-electron chi connectivity index (χ0n) is 11.8. The average molecular weight is 261 g/mol. The number of nitrogens with two attached hydrogens (primary N) is 1. The zero-order chi connectivity index (χ0) is 13.5. The maximum absolute atomic E-state index is 6.35. The second kappa shape index (κ2) is 4.80. The van der Waals surface area contributed by atoms with E-state index in [1.807, 2.05) is 18.2 Å². The van der Waals surface area contributed by atoms with Gasteiger partial charge in [-0.15, -0.1) is 0 Å². The molecule has 2 aliphatic heterocycles. The SMILES string of the molecule is CC(C)C1CC2(CCO1)C[C@H](N)c1ccccc1O2. The Morgan fingerprint density at radius 2 is 2.05 bits per heavy atom. The molecule has 0 radical (unpaired) electrons. The van der Waals surface area contributed by atoms with Crippen molar-refractivity contribution >= 4 is 0 Å². The highest BCUT2D eigenvalue weighted by molar-refractivity contribution is 5.38. The fraction of sp³-hybridized carbons (Fsp3) is 0.625. The van der Waals surface area contributed by atoms with Crippen LogP contribution in [0.4, 0.5) is 0 Å². The molecule has 19 heavy (non-hydrogen) atoms. The molecule has 1 spiro atoms. The van der Waals surface area contributed by atoms with Crippen molar-refractivity contribution in [2.24, 2.45) is 11.7 Å². The van der Waals surface area contributed by atoms with Crippen molar-refractivity contribution in [3.8, 4) is 5.75 Å². The fourth-order valence-electron chi connectivity index (χ4n) is 3.30. The van der Waals surface area contributed by atoms with Crippen molar-refractivity contribution in [1.29, 1.82) is 0 Å². The Labute approximate surface area is 115 Å². The lowest BCUT2D eigenvalue weighted by atomic mass is 9.78. The summed E-state index contributed by atoms with van der Waals surface area (Å²) >= 11 is 0. The van der Waals surface area contributed by atoms with Gasteiger partial charge < -0.3 is 15.2 Å². The molecule has 2 unspecified atom stereocenters. The van der Waals surface area contributed by atoms with Crippen LogP contribution in [0, 0.1) is 5.92 Å². The molecule has 3 heteroatoms. The zero-order valence-corrected chi connectivity index (χ0v) is 11.8. The van der Waals surface area contributed by atoms with Gasteiger partial charge in [0.05, 0.1) is 12.7 Å². The van der Waals surface area contributed by atoms with Gasteiger partial charge in [0.1, 0.15) is 11.4 Å². The van der Waals surface area contributed by atoms with Crippen molar-refractivity contribution in [2.45, 2.75) is 50.9 Å². The topological polar surface area (TPSA) is 44.5 Å². The van der Waals surface area contributed by atoms with E-state index in [1.165, 1.54) is 0 Å². The Balaban J connectivity index is 1.87. The number of rotatable bonds is 1. The number of hydrogen-bond acceptors (Lipinski definition) is 3. The molecule has 0 aliphatic carbocycles. The highest BCUT2D eigenvalue weighted by Gasteiger charge is 2.44. The molecule has 0 amide bonds. The minimum atomic E-state index is -0.124. The summed E-state index contributed by atoms with van der Waals surface area (Å²) in [7, 11) is 0. The second-order valence-electron chi connectivity index (χ2n) is 6.24. The standard InChI is InChI=1S/C16H23NO2/c1-11(2)15-10-16(7-8-18-15)9-13(17)12-5-3-4-6-14(12)19-16/h3-6,11,13,15H,7-10,17H2,1-2H3/t13-,15?,16?/m0/s1. The summed E-state index contributed by atoms with van der Waals surface area (Å²) in [5.74, 6) is 1.49. The molecule has 3 atom stereocenters. The van der Waals surface area contributed by atoms with E-state index in [0.717, 1.165) is 37.2 Å². The van der Waals surface area contributed by atoms with Gasteiger partial charge in [-0.05, 0) is 12.0 Å². The van der Waals surface area contributed by atoms with E-state index in [2.05, 4.69) is 19.9 Å². The molecule has 1 saturated heterocycles. The lowest BCUT2D eigenvalue weighted by molar-refractivity contribution is -0.115. The van der Waals surface area contributed by atoms with Crippen LogP contribution in [0.25, 0.3) is 0 Å². The molecule has 2 heterocycles. The van der Waals surface area contributed by atoms with Gasteiger partial charge in [-0.2, -0.15) is 0 Å². The first-order valence-corrected chi connectivity index (χ1v) is 7.25. The minimum Gasteiger partial charge on any atom is -0.487 e. The van der Waals surface area contributed by atoms with Crippen molar-refractivity contribution < 1.29 is 9.47 Å². The summed E-state index contributed by atoms with van der Waals surface area (Å²) in [6, 6.07) is 8.24. The largest absolute Gasteiger partial charge is 0.487 e. The maximum atomic E-state index is 6.35. The van der Waals surface area contributed by atoms with Crippen LogP contribution in [0.1, 0.15) is 44.7 Å². The third-order valence-corrected chi connectivity index (χ3v) is 4.44. The molecule has 0 saturated carbocycles. The summed E-state index contributed by atoms with van der Waals surface area (Å²) in [5.41, 5.74) is 7.37. The molecule has 0 aromatic heterocycles. The molecular weight excluding hydrogens is 238 g/mol. The highest BCUT2D eigenvalue weighted by Crippen LogP contribution is 2.44. The predicted octanol–water partition coefficient (Wildman–Crippen LogP) is 3.04. The molecule has 0 bridgehead atoms. The Kier molecular flexibility index (Phi) is 3.27. The number of benzene rings is 1. The van der Waals surface area contributed by atoms with Crippen LogP contribution in [0.2, 0.25) is 0 Å².